The SMILES string of the molecule is CC(C)[C@H](NC(=O)OCc1ccccc1)C(=O)N[C@@H](Cc1ccccc1)[C@H](O)[C@@H](O)[C@H](Cc1ccccc1)NC(=O)[C@@H](NC(=O)[C@H](Cc1c[nH]c2ccccc12)NC(=O)COc1ccccc1)C(C)C. The van der Waals surface area contributed by atoms with Gasteiger partial charge in [0.25, 0.3) is 5.91 Å². The standard InChI is InChI=1S/C55H64N6O9/c1-35(2)48(60-52(65)46(31-40-32-56-43-28-18-17-27-42(40)43)57-47(62)34-69-41-25-15-8-16-26-41)53(66)58-44(29-37-19-9-5-10-20-37)50(63)51(64)45(30-38-21-11-6-12-22-38)59-54(67)49(36(3)4)61-55(68)70-33-39-23-13-7-14-24-39/h5-28,32,35-36,44-46,48-51,56,63-64H,29-31,33-34H2,1-4H3,(H,57,62)(H,58,66)(H,59,67)(H,60,65)(H,61,68)/t44-,45-,46-,48-,49-,50-,51-/m0/s1. The van der Waals surface area contributed by atoms with E-state index in [0.717, 1.165) is 33.2 Å². The summed E-state index contributed by atoms with van der Waals surface area (Å²) in [4.78, 5) is 72.5. The van der Waals surface area contributed by atoms with E-state index in [0.29, 0.717) is 5.75 Å². The number of aromatic amines is 1. The number of ether oxygens (including phenoxy) is 2. The van der Waals surface area contributed by atoms with Crippen LogP contribution in [-0.4, -0.2) is 93.9 Å². The summed E-state index contributed by atoms with van der Waals surface area (Å²) in [5, 5.41) is 39.4. The van der Waals surface area contributed by atoms with Gasteiger partial charge in [0.2, 0.25) is 17.7 Å². The van der Waals surface area contributed by atoms with Crippen LogP contribution < -0.4 is 31.3 Å². The molecule has 5 amide bonds. The number of carbonyl (C=O) groups is 5. The fourth-order valence-corrected chi connectivity index (χ4v) is 8.12. The Morgan fingerprint density at radius 1 is 0.529 bits per heavy atom. The minimum absolute atomic E-state index is 0.0106. The zero-order chi connectivity index (χ0) is 50.0. The second-order valence-electron chi connectivity index (χ2n) is 18.0. The minimum atomic E-state index is -1.68. The number of hydrogen-bond donors (Lipinski definition) is 8. The number of fused-ring (bicyclic) bond motifs is 1. The van der Waals surface area contributed by atoms with Gasteiger partial charge in [0.15, 0.2) is 6.61 Å². The first-order chi connectivity index (χ1) is 33.7. The van der Waals surface area contributed by atoms with Crippen molar-refractivity contribution in [3.63, 3.8) is 0 Å². The van der Waals surface area contributed by atoms with E-state index < -0.39 is 84.0 Å². The summed E-state index contributed by atoms with van der Waals surface area (Å²) in [5.41, 5.74) is 3.84. The predicted octanol–water partition coefficient (Wildman–Crippen LogP) is 5.54. The maximum atomic E-state index is 14.5. The van der Waals surface area contributed by atoms with E-state index in [-0.39, 0.29) is 32.5 Å². The molecule has 1 aromatic heterocycles. The Hall–Kier alpha value is -7.49. The Balaban J connectivity index is 1.21. The molecule has 1 heterocycles. The van der Waals surface area contributed by atoms with Gasteiger partial charge in [-0.25, -0.2) is 4.79 Å². The molecule has 6 aromatic rings. The minimum Gasteiger partial charge on any atom is -0.484 e. The highest BCUT2D eigenvalue weighted by molar-refractivity contribution is 5.93. The number of hydrogen-bond acceptors (Lipinski definition) is 9. The third kappa shape index (κ3) is 15.3. The lowest BCUT2D eigenvalue weighted by Gasteiger charge is -2.35. The number of para-hydroxylation sites is 2. The molecule has 0 aliphatic heterocycles. The smallest absolute Gasteiger partial charge is 0.408 e. The number of aliphatic hydroxyl groups excluding tert-OH is 2. The van der Waals surface area contributed by atoms with Crippen molar-refractivity contribution in [2.45, 2.75) is 96.0 Å². The van der Waals surface area contributed by atoms with E-state index in [4.69, 9.17) is 9.47 Å². The second-order valence-corrected chi connectivity index (χ2v) is 18.0. The van der Waals surface area contributed by atoms with Crippen LogP contribution in [-0.2, 0) is 49.8 Å². The number of H-pyrrole nitrogens is 1. The fraction of sp³-hybridized carbons (Fsp3) is 0.327. The Morgan fingerprint density at radius 3 is 1.53 bits per heavy atom. The van der Waals surface area contributed by atoms with E-state index >= 15 is 0 Å². The van der Waals surface area contributed by atoms with E-state index in [9.17, 15) is 34.2 Å². The Labute approximate surface area is 408 Å². The van der Waals surface area contributed by atoms with Gasteiger partial charge < -0.3 is 51.3 Å². The molecule has 0 spiro atoms. The van der Waals surface area contributed by atoms with Crippen LogP contribution in [0, 0.1) is 11.8 Å². The van der Waals surface area contributed by atoms with E-state index in [1.54, 1.807) is 58.2 Å². The van der Waals surface area contributed by atoms with Crippen LogP contribution in [0.5, 0.6) is 5.75 Å². The monoisotopic (exact) mass is 952 g/mol. The lowest BCUT2D eigenvalue weighted by atomic mass is 9.90. The fourth-order valence-electron chi connectivity index (χ4n) is 8.12. The van der Waals surface area contributed by atoms with Crippen LogP contribution in [0.3, 0.4) is 0 Å². The molecule has 0 fully saturated rings. The molecular formula is C55H64N6O9. The molecule has 7 atom stereocenters. The maximum Gasteiger partial charge on any atom is 0.408 e. The summed E-state index contributed by atoms with van der Waals surface area (Å²) >= 11 is 0. The molecule has 0 aliphatic rings. The van der Waals surface area contributed by atoms with Gasteiger partial charge in [0, 0.05) is 23.5 Å². The van der Waals surface area contributed by atoms with Crippen LogP contribution in [0.1, 0.15) is 49.9 Å². The predicted molar refractivity (Wildman–Crippen MR) is 267 cm³/mol. The number of nitrogens with one attached hydrogen (secondary N) is 6. The molecule has 15 nitrogen and oxygen atoms in total. The highest BCUT2D eigenvalue weighted by Crippen LogP contribution is 2.21. The van der Waals surface area contributed by atoms with Crippen molar-refractivity contribution in [3.8, 4) is 5.75 Å². The van der Waals surface area contributed by atoms with E-state index in [1.807, 2.05) is 121 Å². The molecule has 0 saturated carbocycles. The summed E-state index contributed by atoms with van der Waals surface area (Å²) in [7, 11) is 0. The van der Waals surface area contributed by atoms with Crippen LogP contribution in [0.15, 0.2) is 152 Å². The molecule has 6 rings (SSSR count). The summed E-state index contributed by atoms with van der Waals surface area (Å²) < 4.78 is 11.1. The number of amides is 5. The first-order valence-corrected chi connectivity index (χ1v) is 23.6. The summed E-state index contributed by atoms with van der Waals surface area (Å²) in [6.07, 6.45) is -2.17. The third-order valence-electron chi connectivity index (χ3n) is 12.0. The zero-order valence-electron chi connectivity index (χ0n) is 39.9. The topological polar surface area (TPSA) is 220 Å². The first kappa shape index (κ1) is 51.9. The molecule has 15 heteroatoms. The number of benzene rings is 5. The molecule has 0 unspecified atom stereocenters. The normalized spacial score (nSPS) is 14.3. The molecule has 0 radical (unpaired) electrons. The van der Waals surface area contributed by atoms with E-state index in [2.05, 4.69) is 31.6 Å². The quantitative estimate of drug-likeness (QED) is 0.0381. The summed E-state index contributed by atoms with van der Waals surface area (Å²) in [6.45, 7) is 6.65. The Kier molecular flexibility index (Phi) is 19.1. The highest BCUT2D eigenvalue weighted by Gasteiger charge is 2.38. The van der Waals surface area contributed by atoms with Crippen LogP contribution in [0.2, 0.25) is 0 Å². The zero-order valence-corrected chi connectivity index (χ0v) is 39.9. The van der Waals surface area contributed by atoms with Crippen LogP contribution >= 0.6 is 0 Å². The van der Waals surface area contributed by atoms with Crippen LogP contribution in [0.4, 0.5) is 4.79 Å². The summed E-state index contributed by atoms with van der Waals surface area (Å²) in [5.74, 6) is -2.87. The lowest BCUT2D eigenvalue weighted by Crippen LogP contribution is -2.62. The molecule has 368 valence electrons. The van der Waals surface area contributed by atoms with Gasteiger partial charge in [-0.1, -0.05) is 155 Å². The number of rotatable bonds is 24. The largest absolute Gasteiger partial charge is 0.484 e. The van der Waals surface area contributed by atoms with Gasteiger partial charge in [0.05, 0.1) is 12.1 Å². The van der Waals surface area contributed by atoms with E-state index in [1.165, 1.54) is 0 Å². The molecule has 70 heavy (non-hydrogen) atoms. The van der Waals surface area contributed by atoms with Crippen molar-refractivity contribution in [1.82, 2.24) is 31.6 Å². The third-order valence-corrected chi connectivity index (χ3v) is 12.0. The summed E-state index contributed by atoms with van der Waals surface area (Å²) in [6, 6.07) is 38.0. The second kappa shape index (κ2) is 25.8. The maximum absolute atomic E-state index is 14.5. The van der Waals surface area contributed by atoms with Gasteiger partial charge in [-0.05, 0) is 65.1 Å². The molecule has 5 aromatic carbocycles. The van der Waals surface area contributed by atoms with Crippen molar-refractivity contribution in [1.29, 1.82) is 0 Å². The van der Waals surface area contributed by atoms with Gasteiger partial charge in [-0.2, -0.15) is 0 Å². The average molecular weight is 953 g/mol. The van der Waals surface area contributed by atoms with Crippen molar-refractivity contribution >= 4 is 40.6 Å². The molecular weight excluding hydrogens is 889 g/mol. The van der Waals surface area contributed by atoms with Gasteiger partial charge >= 0.3 is 6.09 Å². The highest BCUT2D eigenvalue weighted by atomic mass is 16.5. The van der Waals surface area contributed by atoms with Gasteiger partial charge in [-0.3, -0.25) is 19.2 Å². The van der Waals surface area contributed by atoms with Crippen molar-refractivity contribution in [2.24, 2.45) is 11.8 Å². The van der Waals surface area contributed by atoms with Crippen molar-refractivity contribution < 1.29 is 43.7 Å². The Morgan fingerprint density at radius 2 is 1.00 bits per heavy atom. The lowest BCUT2D eigenvalue weighted by molar-refractivity contribution is -0.134. The van der Waals surface area contributed by atoms with Crippen molar-refractivity contribution in [3.05, 3.63) is 174 Å². The number of alkyl carbamates (subject to hydrolysis) is 1. The molecule has 0 saturated heterocycles. The molecule has 8 N–H and O–H groups in total. The van der Waals surface area contributed by atoms with Crippen LogP contribution in [0.25, 0.3) is 10.9 Å². The van der Waals surface area contributed by atoms with Gasteiger partial charge in [-0.15, -0.1) is 0 Å². The number of aliphatic hydroxyl groups is 2. The Bertz CT molecular complexity index is 2590. The van der Waals surface area contributed by atoms with Gasteiger partial charge in [0.1, 0.15) is 42.7 Å². The number of aromatic nitrogens is 1. The molecule has 0 aliphatic carbocycles. The first-order valence-electron chi connectivity index (χ1n) is 23.6. The average Bonchev–Trinajstić information content (AvgIpc) is 3.78. The molecule has 0 bridgehead atoms. The van der Waals surface area contributed by atoms with Crippen molar-refractivity contribution in [2.75, 3.05) is 6.61 Å². The number of carbonyl (C=O) groups excluding carboxylic acids is 5.